The number of halogens is 1. The van der Waals surface area contributed by atoms with Crippen LogP contribution < -0.4 is 5.73 Å². The van der Waals surface area contributed by atoms with E-state index < -0.39 is 0 Å². The molecule has 0 spiro atoms. The summed E-state index contributed by atoms with van der Waals surface area (Å²) in [4.78, 5) is 2.47. The van der Waals surface area contributed by atoms with Crippen molar-refractivity contribution >= 4 is 12.4 Å². The number of likely N-dealkylation sites (tertiary alicyclic amines) is 1. The number of aryl methyl sites for hydroxylation is 1. The first-order chi connectivity index (χ1) is 12.6. The Morgan fingerprint density at radius 3 is 2.59 bits per heavy atom. The van der Waals surface area contributed by atoms with Crippen LogP contribution in [0.2, 0.25) is 0 Å². The van der Waals surface area contributed by atoms with Crippen LogP contribution in [0.5, 0.6) is 0 Å². The predicted molar refractivity (Wildman–Crippen MR) is 110 cm³/mol. The molecular formula is C21H27ClN4O. The Morgan fingerprint density at radius 1 is 1.19 bits per heavy atom. The van der Waals surface area contributed by atoms with Crippen LogP contribution in [0.4, 0.5) is 0 Å². The zero-order valence-corrected chi connectivity index (χ0v) is 16.7. The van der Waals surface area contributed by atoms with Gasteiger partial charge in [0, 0.05) is 24.8 Å². The van der Waals surface area contributed by atoms with Crippen LogP contribution in [0, 0.1) is 12.3 Å². The molecule has 2 N–H and O–H groups in total. The minimum atomic E-state index is 0. The molecule has 0 amide bonds. The zero-order valence-electron chi connectivity index (χ0n) is 15.9. The van der Waals surface area contributed by atoms with Gasteiger partial charge in [-0.2, -0.15) is 5.10 Å². The fourth-order valence-electron chi connectivity index (χ4n) is 3.68. The molecule has 4 rings (SSSR count). The van der Waals surface area contributed by atoms with Crippen LogP contribution in [0.3, 0.4) is 0 Å². The van der Waals surface area contributed by atoms with E-state index in [1.165, 1.54) is 5.56 Å². The van der Waals surface area contributed by atoms with Crippen LogP contribution in [0.1, 0.15) is 24.7 Å². The van der Waals surface area contributed by atoms with Gasteiger partial charge in [0.15, 0.2) is 5.76 Å². The molecule has 0 saturated carbocycles. The molecule has 27 heavy (non-hydrogen) atoms. The van der Waals surface area contributed by atoms with E-state index in [4.69, 9.17) is 15.2 Å². The van der Waals surface area contributed by atoms with Crippen molar-refractivity contribution < 1.29 is 4.42 Å². The van der Waals surface area contributed by atoms with Crippen LogP contribution in [0.15, 0.2) is 53.1 Å². The standard InChI is InChI=1S/C21H26N4O.ClH/c1-16-8-9-19(26-16)20-17(12-24-11-10-21(2,14-22)15-24)13-25(23-20)18-6-4-3-5-7-18;/h3-9,13H,10-12,14-15,22H2,1-2H3;1H. The molecule has 1 aliphatic heterocycles. The second-order valence-corrected chi connectivity index (χ2v) is 7.67. The summed E-state index contributed by atoms with van der Waals surface area (Å²) in [6.45, 7) is 7.92. The maximum atomic E-state index is 5.97. The van der Waals surface area contributed by atoms with Crippen molar-refractivity contribution in [3.05, 3.63) is 60.0 Å². The molecule has 1 fully saturated rings. The monoisotopic (exact) mass is 386 g/mol. The molecule has 6 heteroatoms. The van der Waals surface area contributed by atoms with E-state index in [-0.39, 0.29) is 17.8 Å². The quantitative estimate of drug-likeness (QED) is 0.719. The maximum Gasteiger partial charge on any atom is 0.154 e. The minimum absolute atomic E-state index is 0. The summed E-state index contributed by atoms with van der Waals surface area (Å²) in [6, 6.07) is 14.2. The number of rotatable bonds is 5. The van der Waals surface area contributed by atoms with E-state index in [1.807, 2.05) is 41.9 Å². The van der Waals surface area contributed by atoms with Crippen LogP contribution in [0.25, 0.3) is 17.1 Å². The Kier molecular flexibility index (Phi) is 5.75. The smallest absolute Gasteiger partial charge is 0.154 e. The lowest BCUT2D eigenvalue weighted by Gasteiger charge is -2.22. The molecule has 1 saturated heterocycles. The highest BCUT2D eigenvalue weighted by Gasteiger charge is 2.33. The number of furan rings is 1. The molecule has 5 nitrogen and oxygen atoms in total. The largest absolute Gasteiger partial charge is 0.460 e. The maximum absolute atomic E-state index is 5.97. The van der Waals surface area contributed by atoms with Crippen LogP contribution in [-0.4, -0.2) is 34.3 Å². The molecule has 1 aliphatic rings. The van der Waals surface area contributed by atoms with Crippen molar-refractivity contribution in [1.29, 1.82) is 0 Å². The molecule has 0 bridgehead atoms. The van der Waals surface area contributed by atoms with Crippen molar-refractivity contribution in [1.82, 2.24) is 14.7 Å². The lowest BCUT2D eigenvalue weighted by molar-refractivity contribution is 0.274. The third-order valence-electron chi connectivity index (χ3n) is 5.31. The van der Waals surface area contributed by atoms with Gasteiger partial charge >= 0.3 is 0 Å². The fraction of sp³-hybridized carbons (Fsp3) is 0.381. The predicted octanol–water partition coefficient (Wildman–Crippen LogP) is 4.03. The number of benzene rings is 1. The van der Waals surface area contributed by atoms with Crippen molar-refractivity contribution in [3.63, 3.8) is 0 Å². The topological polar surface area (TPSA) is 60.2 Å². The molecule has 144 valence electrons. The van der Waals surface area contributed by atoms with E-state index >= 15 is 0 Å². The number of para-hydroxylation sites is 1. The van der Waals surface area contributed by atoms with Crippen molar-refractivity contribution in [2.45, 2.75) is 26.8 Å². The third-order valence-corrected chi connectivity index (χ3v) is 5.31. The van der Waals surface area contributed by atoms with Gasteiger partial charge in [-0.3, -0.25) is 4.90 Å². The summed E-state index contributed by atoms with van der Waals surface area (Å²) >= 11 is 0. The Hall–Kier alpha value is -2.08. The Labute approximate surface area is 166 Å². The van der Waals surface area contributed by atoms with Gasteiger partial charge in [0.05, 0.1) is 5.69 Å². The van der Waals surface area contributed by atoms with E-state index in [0.29, 0.717) is 0 Å². The Balaban J connectivity index is 0.00000210. The Bertz CT molecular complexity index is 889. The summed E-state index contributed by atoms with van der Waals surface area (Å²) in [5.74, 6) is 1.73. The van der Waals surface area contributed by atoms with E-state index in [0.717, 1.165) is 55.5 Å². The van der Waals surface area contributed by atoms with Crippen LogP contribution >= 0.6 is 12.4 Å². The van der Waals surface area contributed by atoms with E-state index in [1.54, 1.807) is 0 Å². The van der Waals surface area contributed by atoms with Crippen molar-refractivity contribution in [2.75, 3.05) is 19.6 Å². The highest BCUT2D eigenvalue weighted by molar-refractivity contribution is 5.85. The van der Waals surface area contributed by atoms with Crippen LogP contribution in [-0.2, 0) is 6.54 Å². The number of hydrogen-bond acceptors (Lipinski definition) is 4. The summed E-state index contributed by atoms with van der Waals surface area (Å²) in [7, 11) is 0. The molecule has 0 radical (unpaired) electrons. The molecule has 2 aromatic heterocycles. The lowest BCUT2D eigenvalue weighted by Crippen LogP contribution is -2.31. The number of hydrogen-bond donors (Lipinski definition) is 1. The fourth-order valence-corrected chi connectivity index (χ4v) is 3.68. The summed E-state index contributed by atoms with van der Waals surface area (Å²) in [6.07, 6.45) is 3.27. The highest BCUT2D eigenvalue weighted by Crippen LogP contribution is 2.32. The third kappa shape index (κ3) is 4.10. The van der Waals surface area contributed by atoms with Crippen molar-refractivity contribution in [2.24, 2.45) is 11.1 Å². The Morgan fingerprint density at radius 2 is 1.96 bits per heavy atom. The van der Waals surface area contributed by atoms with Gasteiger partial charge in [-0.15, -0.1) is 12.4 Å². The first-order valence-electron chi connectivity index (χ1n) is 9.19. The van der Waals surface area contributed by atoms with Gasteiger partial charge in [-0.25, -0.2) is 4.68 Å². The van der Waals surface area contributed by atoms with Gasteiger partial charge in [0.25, 0.3) is 0 Å². The van der Waals surface area contributed by atoms with Crippen molar-refractivity contribution in [3.8, 4) is 17.1 Å². The first kappa shape index (κ1) is 19.7. The van der Waals surface area contributed by atoms with Gasteiger partial charge in [-0.1, -0.05) is 25.1 Å². The van der Waals surface area contributed by atoms with Gasteiger partial charge in [-0.05, 0) is 56.1 Å². The van der Waals surface area contributed by atoms with Gasteiger partial charge in [0.2, 0.25) is 0 Å². The van der Waals surface area contributed by atoms with E-state index in [9.17, 15) is 0 Å². The lowest BCUT2D eigenvalue weighted by atomic mass is 9.90. The molecule has 1 unspecified atom stereocenters. The minimum Gasteiger partial charge on any atom is -0.460 e. The second kappa shape index (κ2) is 7.89. The number of aromatic nitrogens is 2. The molecule has 1 aromatic carbocycles. The average Bonchev–Trinajstić information content (AvgIpc) is 3.36. The molecule has 1 atom stereocenters. The number of nitrogens with zero attached hydrogens (tertiary/aromatic N) is 3. The first-order valence-corrected chi connectivity index (χ1v) is 9.19. The molecule has 3 heterocycles. The van der Waals surface area contributed by atoms with E-state index in [2.05, 4.69) is 30.2 Å². The molecule has 3 aromatic rings. The summed E-state index contributed by atoms with van der Waals surface area (Å²) < 4.78 is 7.82. The van der Waals surface area contributed by atoms with Gasteiger partial charge in [0.1, 0.15) is 11.5 Å². The number of nitrogens with two attached hydrogens (primary N) is 1. The summed E-state index contributed by atoms with van der Waals surface area (Å²) in [5, 5.41) is 4.83. The van der Waals surface area contributed by atoms with Gasteiger partial charge < -0.3 is 10.2 Å². The molecule has 0 aliphatic carbocycles. The zero-order chi connectivity index (χ0) is 18.1. The second-order valence-electron chi connectivity index (χ2n) is 7.67. The molecular weight excluding hydrogens is 360 g/mol. The normalized spacial score (nSPS) is 20.0. The SMILES string of the molecule is Cc1ccc(-c2nn(-c3ccccc3)cc2CN2CCC(C)(CN)C2)o1.Cl. The summed E-state index contributed by atoms with van der Waals surface area (Å²) in [5.41, 5.74) is 9.35. The highest BCUT2D eigenvalue weighted by atomic mass is 35.5. The average molecular weight is 387 g/mol.